The van der Waals surface area contributed by atoms with E-state index in [1.54, 1.807) is 6.07 Å². The standard InChI is InChI=1S/C29H32FN5O3S2/c1-2-21(17-31)33-28(36)24-6-4-3-5-23(24)26-27(39-29(34-26)25-12-9-20(30)18-32-25)19-7-10-22(11-8-19)35-13-15-40(37,38)16-14-35/h7-12,18,21,23-24H,2-6,13-16H2,1H3,(H,33,36)/t21?,23-,24-/m1/s1. The molecule has 1 saturated heterocycles. The van der Waals surface area contributed by atoms with E-state index in [1.807, 2.05) is 31.2 Å². The van der Waals surface area contributed by atoms with Crippen LogP contribution >= 0.6 is 11.3 Å². The lowest BCUT2D eigenvalue weighted by Crippen LogP contribution is -2.41. The van der Waals surface area contributed by atoms with Gasteiger partial charge in [0.2, 0.25) is 5.91 Å². The Labute approximate surface area is 238 Å². The highest BCUT2D eigenvalue weighted by molar-refractivity contribution is 7.91. The summed E-state index contributed by atoms with van der Waals surface area (Å²) in [6.45, 7) is 2.81. The number of rotatable bonds is 7. The fourth-order valence-electron chi connectivity index (χ4n) is 5.47. The van der Waals surface area contributed by atoms with Crippen LogP contribution in [-0.2, 0) is 14.6 Å². The Bertz CT molecular complexity index is 1490. The summed E-state index contributed by atoms with van der Waals surface area (Å²) in [5.74, 6) is -0.671. The molecule has 1 aliphatic heterocycles. The largest absolute Gasteiger partial charge is 0.369 e. The molecule has 210 valence electrons. The number of hydrogen-bond acceptors (Lipinski definition) is 8. The van der Waals surface area contributed by atoms with E-state index in [-0.39, 0.29) is 29.2 Å². The molecule has 40 heavy (non-hydrogen) atoms. The first-order valence-electron chi connectivity index (χ1n) is 13.7. The van der Waals surface area contributed by atoms with Crippen LogP contribution in [-0.4, -0.2) is 54.9 Å². The Morgan fingerprint density at radius 1 is 1.18 bits per heavy atom. The van der Waals surface area contributed by atoms with Gasteiger partial charge in [0.05, 0.1) is 40.0 Å². The van der Waals surface area contributed by atoms with E-state index in [9.17, 15) is 22.9 Å². The molecular formula is C29H32FN5O3S2. The molecule has 0 bridgehead atoms. The highest BCUT2D eigenvalue weighted by atomic mass is 32.2. The second-order valence-electron chi connectivity index (χ2n) is 10.4. The SMILES string of the molecule is CCC(C#N)NC(=O)[C@@H]1CCCC[C@H]1c1nc(-c2ccc(F)cn2)sc1-c1ccc(N2CCS(=O)(=O)CC2)cc1. The number of carbonyl (C=O) groups excluding carboxylic acids is 1. The maximum absolute atomic E-state index is 13.6. The Kier molecular flexibility index (Phi) is 8.47. The van der Waals surface area contributed by atoms with Crippen molar-refractivity contribution < 1.29 is 17.6 Å². The molecule has 1 aliphatic carbocycles. The van der Waals surface area contributed by atoms with Gasteiger partial charge >= 0.3 is 0 Å². The van der Waals surface area contributed by atoms with Crippen molar-refractivity contribution >= 4 is 32.8 Å². The summed E-state index contributed by atoms with van der Waals surface area (Å²) >= 11 is 1.47. The molecule has 8 nitrogen and oxygen atoms in total. The summed E-state index contributed by atoms with van der Waals surface area (Å²) in [4.78, 5) is 25.6. The van der Waals surface area contributed by atoms with Crippen LogP contribution < -0.4 is 10.2 Å². The zero-order chi connectivity index (χ0) is 28.3. The quantitative estimate of drug-likeness (QED) is 0.420. The summed E-state index contributed by atoms with van der Waals surface area (Å²) in [6.07, 6.45) is 5.14. The van der Waals surface area contributed by atoms with Crippen molar-refractivity contribution in [2.45, 2.75) is 51.0 Å². The average Bonchev–Trinajstić information content (AvgIpc) is 3.41. The Morgan fingerprint density at radius 3 is 2.55 bits per heavy atom. The van der Waals surface area contributed by atoms with Crippen LogP contribution in [0.25, 0.3) is 21.1 Å². The number of halogens is 1. The second-order valence-corrected chi connectivity index (χ2v) is 13.7. The van der Waals surface area contributed by atoms with Gasteiger partial charge in [-0.2, -0.15) is 5.26 Å². The van der Waals surface area contributed by atoms with Crippen molar-refractivity contribution in [2.24, 2.45) is 5.92 Å². The van der Waals surface area contributed by atoms with Crippen molar-refractivity contribution in [3.8, 4) is 27.2 Å². The van der Waals surface area contributed by atoms with Crippen LogP contribution in [0.5, 0.6) is 0 Å². The number of benzene rings is 1. The molecule has 1 amide bonds. The monoisotopic (exact) mass is 581 g/mol. The molecule has 3 aromatic rings. The lowest BCUT2D eigenvalue weighted by Gasteiger charge is -2.31. The zero-order valence-corrected chi connectivity index (χ0v) is 24.0. The minimum absolute atomic E-state index is 0.117. The van der Waals surface area contributed by atoms with E-state index in [0.29, 0.717) is 30.2 Å². The van der Waals surface area contributed by atoms with Gasteiger partial charge in [-0.25, -0.2) is 17.8 Å². The Balaban J connectivity index is 1.50. The maximum atomic E-state index is 13.6. The summed E-state index contributed by atoms with van der Waals surface area (Å²) in [5, 5.41) is 13.0. The van der Waals surface area contributed by atoms with Gasteiger partial charge in [-0.15, -0.1) is 11.3 Å². The van der Waals surface area contributed by atoms with Crippen LogP contribution in [0.3, 0.4) is 0 Å². The predicted octanol–water partition coefficient (Wildman–Crippen LogP) is 4.94. The van der Waals surface area contributed by atoms with Crippen molar-refractivity contribution in [2.75, 3.05) is 29.5 Å². The van der Waals surface area contributed by atoms with Gasteiger partial charge < -0.3 is 10.2 Å². The summed E-state index contributed by atoms with van der Waals surface area (Å²) in [7, 11) is -2.97. The average molecular weight is 582 g/mol. The lowest BCUT2D eigenvalue weighted by atomic mass is 9.76. The van der Waals surface area contributed by atoms with Gasteiger partial charge in [-0.3, -0.25) is 9.78 Å². The summed E-state index contributed by atoms with van der Waals surface area (Å²) in [6, 6.07) is 12.6. The molecule has 1 aromatic carbocycles. The van der Waals surface area contributed by atoms with Gasteiger partial charge in [-0.05, 0) is 49.1 Å². The normalized spacial score (nSPS) is 21.4. The first kappa shape index (κ1) is 28.2. The third-order valence-corrected chi connectivity index (χ3v) is 10.5. The highest BCUT2D eigenvalue weighted by Gasteiger charge is 2.36. The molecule has 3 heterocycles. The van der Waals surface area contributed by atoms with Gasteiger partial charge in [0.25, 0.3) is 0 Å². The Morgan fingerprint density at radius 2 is 1.90 bits per heavy atom. The van der Waals surface area contributed by atoms with Gasteiger partial charge in [-0.1, -0.05) is 31.9 Å². The molecule has 1 N–H and O–H groups in total. The van der Waals surface area contributed by atoms with E-state index in [4.69, 9.17) is 4.98 Å². The van der Waals surface area contributed by atoms with E-state index in [2.05, 4.69) is 21.3 Å². The van der Waals surface area contributed by atoms with Gasteiger partial charge in [0, 0.05) is 30.6 Å². The molecule has 0 spiro atoms. The summed E-state index contributed by atoms with van der Waals surface area (Å²) in [5.41, 5.74) is 3.30. The molecule has 2 aromatic heterocycles. The second kappa shape index (κ2) is 12.0. The molecule has 11 heteroatoms. The van der Waals surface area contributed by atoms with Crippen molar-refractivity contribution in [3.05, 3.63) is 54.1 Å². The van der Waals surface area contributed by atoms with Crippen LogP contribution in [0.4, 0.5) is 10.1 Å². The lowest BCUT2D eigenvalue weighted by molar-refractivity contribution is -0.127. The number of sulfone groups is 1. The topological polar surface area (TPSA) is 116 Å². The molecule has 1 unspecified atom stereocenters. The molecular weight excluding hydrogens is 549 g/mol. The first-order chi connectivity index (χ1) is 19.3. The van der Waals surface area contributed by atoms with E-state index >= 15 is 0 Å². The highest BCUT2D eigenvalue weighted by Crippen LogP contribution is 2.45. The van der Waals surface area contributed by atoms with Crippen LogP contribution in [0.1, 0.15) is 50.6 Å². The van der Waals surface area contributed by atoms with E-state index < -0.39 is 21.7 Å². The van der Waals surface area contributed by atoms with Crippen molar-refractivity contribution in [1.82, 2.24) is 15.3 Å². The van der Waals surface area contributed by atoms with Crippen LogP contribution in [0.15, 0.2) is 42.6 Å². The molecule has 1 saturated carbocycles. The number of nitrogens with one attached hydrogen (secondary N) is 1. The Hall–Kier alpha value is -3.36. The number of nitriles is 1. The van der Waals surface area contributed by atoms with Crippen LogP contribution in [0, 0.1) is 23.1 Å². The van der Waals surface area contributed by atoms with Gasteiger partial charge in [0.1, 0.15) is 16.9 Å². The third kappa shape index (κ3) is 6.18. The fraction of sp³-hybridized carbons (Fsp3) is 0.448. The third-order valence-electron chi connectivity index (χ3n) is 7.77. The minimum atomic E-state index is -2.97. The zero-order valence-electron chi connectivity index (χ0n) is 22.3. The molecule has 3 atom stereocenters. The number of amides is 1. The number of thiazole rings is 1. The van der Waals surface area contributed by atoms with Crippen LogP contribution in [0.2, 0.25) is 0 Å². The smallest absolute Gasteiger partial charge is 0.224 e. The number of aromatic nitrogens is 2. The minimum Gasteiger partial charge on any atom is -0.369 e. The first-order valence-corrected chi connectivity index (χ1v) is 16.3. The van der Waals surface area contributed by atoms with Crippen molar-refractivity contribution in [3.63, 3.8) is 0 Å². The molecule has 2 aliphatic rings. The number of carbonyl (C=O) groups is 1. The molecule has 0 radical (unpaired) electrons. The van der Waals surface area contributed by atoms with E-state index in [0.717, 1.165) is 47.5 Å². The summed E-state index contributed by atoms with van der Waals surface area (Å²) < 4.78 is 37.3. The number of pyridine rings is 1. The molecule has 5 rings (SSSR count). The van der Waals surface area contributed by atoms with Crippen molar-refractivity contribution in [1.29, 1.82) is 5.26 Å². The number of anilines is 1. The fourth-order valence-corrected chi connectivity index (χ4v) is 7.79. The maximum Gasteiger partial charge on any atom is 0.224 e. The van der Waals surface area contributed by atoms with E-state index in [1.165, 1.54) is 23.6 Å². The number of nitrogens with zero attached hydrogens (tertiary/aromatic N) is 4. The van der Waals surface area contributed by atoms with Gasteiger partial charge in [0.15, 0.2) is 9.84 Å². The number of hydrogen-bond donors (Lipinski definition) is 1. The predicted molar refractivity (Wildman–Crippen MR) is 154 cm³/mol. The molecule has 2 fully saturated rings.